The predicted molar refractivity (Wildman–Crippen MR) is 238 cm³/mol. The van der Waals surface area contributed by atoms with Crippen LogP contribution in [-0.4, -0.2) is 80.6 Å². The van der Waals surface area contributed by atoms with Crippen LogP contribution in [0.15, 0.2) is 24.3 Å². The molecule has 0 bridgehead atoms. The maximum atomic E-state index is 12.7. The fraction of sp³-hybridized carbons (Fsp3) is 0.857. The van der Waals surface area contributed by atoms with E-state index in [-0.39, 0.29) is 36.2 Å². The van der Waals surface area contributed by atoms with Crippen LogP contribution in [0.25, 0.3) is 0 Å². The van der Waals surface area contributed by atoms with Crippen LogP contribution in [0, 0.1) is 0 Å². The minimum Gasteiger partial charge on any atom is -0.477 e. The van der Waals surface area contributed by atoms with Crippen molar-refractivity contribution in [1.29, 1.82) is 0 Å². The predicted octanol–water partition coefficient (Wildman–Crippen LogP) is 13.3. The van der Waals surface area contributed by atoms with Crippen molar-refractivity contribution < 1.29 is 38.2 Å². The maximum Gasteiger partial charge on any atom is 0.362 e. The van der Waals surface area contributed by atoms with E-state index < -0.39 is 18.1 Å². The number of carboxylic acid groups (broad SMARTS) is 1. The summed E-state index contributed by atoms with van der Waals surface area (Å²) in [5, 5.41) is 9.63. The molecule has 8 heteroatoms. The largest absolute Gasteiger partial charge is 0.477 e. The van der Waals surface area contributed by atoms with Gasteiger partial charge < -0.3 is 23.8 Å². The van der Waals surface area contributed by atoms with E-state index in [2.05, 4.69) is 38.2 Å². The summed E-state index contributed by atoms with van der Waals surface area (Å²) < 4.78 is 17.3. The van der Waals surface area contributed by atoms with Crippen LogP contribution in [0.1, 0.15) is 219 Å². The summed E-state index contributed by atoms with van der Waals surface area (Å²) in [5.74, 6) is -1.46. The number of likely N-dealkylation sites (N-methyl/N-ethyl adjacent to an activating group) is 1. The summed E-state index contributed by atoms with van der Waals surface area (Å²) in [5.41, 5.74) is 0. The molecule has 2 atom stereocenters. The van der Waals surface area contributed by atoms with Crippen LogP contribution in [-0.2, 0) is 28.6 Å². The number of aliphatic carboxylic acids is 1. The minimum atomic E-state index is -0.873. The molecule has 0 aliphatic carbocycles. The number of quaternary nitrogens is 1. The quantitative estimate of drug-likeness (QED) is 0.0283. The molecule has 0 saturated carbocycles. The lowest BCUT2D eigenvalue weighted by molar-refractivity contribution is -0.887. The van der Waals surface area contributed by atoms with Gasteiger partial charge in [0.05, 0.1) is 34.4 Å². The smallest absolute Gasteiger partial charge is 0.362 e. The first kappa shape index (κ1) is 54.8. The van der Waals surface area contributed by atoms with Gasteiger partial charge in [-0.15, -0.1) is 0 Å². The number of rotatable bonds is 43. The Kier molecular flexibility index (Phi) is 39.0. The molecule has 0 heterocycles. The number of allylic oxidation sites excluding steroid dienone is 4. The zero-order valence-corrected chi connectivity index (χ0v) is 38.1. The van der Waals surface area contributed by atoms with Gasteiger partial charge in [0.15, 0.2) is 12.1 Å². The normalized spacial score (nSPS) is 13.1. The average molecular weight is 807 g/mol. The van der Waals surface area contributed by atoms with Crippen LogP contribution < -0.4 is 0 Å². The van der Waals surface area contributed by atoms with E-state index in [1.165, 1.54) is 148 Å². The van der Waals surface area contributed by atoms with E-state index in [0.717, 1.165) is 38.5 Å². The van der Waals surface area contributed by atoms with Gasteiger partial charge in [0, 0.05) is 19.3 Å². The van der Waals surface area contributed by atoms with E-state index in [1.807, 2.05) is 21.1 Å². The van der Waals surface area contributed by atoms with Gasteiger partial charge in [-0.1, -0.05) is 186 Å². The molecule has 0 aromatic heterocycles. The molecule has 0 amide bonds. The molecule has 0 aromatic carbocycles. The number of ether oxygens (including phenoxy) is 3. The van der Waals surface area contributed by atoms with Crippen molar-refractivity contribution in [1.82, 2.24) is 0 Å². The second-order valence-corrected chi connectivity index (χ2v) is 17.4. The van der Waals surface area contributed by atoms with Crippen molar-refractivity contribution in [2.75, 3.05) is 41.0 Å². The van der Waals surface area contributed by atoms with Crippen molar-refractivity contribution >= 4 is 17.9 Å². The van der Waals surface area contributed by atoms with Gasteiger partial charge >= 0.3 is 17.9 Å². The number of carboxylic acids is 1. The zero-order valence-electron chi connectivity index (χ0n) is 38.1. The van der Waals surface area contributed by atoms with Gasteiger partial charge in [0.2, 0.25) is 0 Å². The van der Waals surface area contributed by atoms with Crippen LogP contribution in [0.5, 0.6) is 0 Å². The second-order valence-electron chi connectivity index (χ2n) is 17.4. The van der Waals surface area contributed by atoms with E-state index in [9.17, 15) is 19.5 Å². The van der Waals surface area contributed by atoms with Gasteiger partial charge in [-0.2, -0.15) is 0 Å². The molecule has 1 N–H and O–H groups in total. The standard InChI is InChI=1S/C49H91NO7/c1-6-8-10-12-14-16-18-20-21-22-23-24-25-26-28-29-31-33-35-37-39-47(51)56-44-45(43-55-42-41-46(49(53)54)50(3,4)5)57-48(52)40-38-36-34-32-30-27-19-17-15-13-11-9-7-2/h16,18,20-21,45-46H,6-15,17,19,22-44H2,1-5H3/p+1/b18-16+,21-20+. The Morgan fingerprint density at radius 1 is 0.526 bits per heavy atom. The number of nitrogens with zero attached hydrogens (tertiary/aromatic N) is 1. The Bertz CT molecular complexity index is 989. The fourth-order valence-corrected chi connectivity index (χ4v) is 7.14. The lowest BCUT2D eigenvalue weighted by atomic mass is 10.0. The van der Waals surface area contributed by atoms with Gasteiger partial charge in [0.1, 0.15) is 6.61 Å². The van der Waals surface area contributed by atoms with Gasteiger partial charge in [-0.25, -0.2) is 4.79 Å². The van der Waals surface area contributed by atoms with Crippen molar-refractivity contribution in [2.24, 2.45) is 0 Å². The SMILES string of the molecule is CCCCCC/C=C/C=C/CCCCCCCCCCCCC(=O)OCC(COCCC(C(=O)O)[N+](C)(C)C)OC(=O)CCCCCCCCCCCCCCC. The molecule has 0 radical (unpaired) electrons. The highest BCUT2D eigenvalue weighted by Crippen LogP contribution is 2.16. The van der Waals surface area contributed by atoms with Crippen molar-refractivity contribution in [2.45, 2.75) is 231 Å². The summed E-state index contributed by atoms with van der Waals surface area (Å²) >= 11 is 0. The lowest BCUT2D eigenvalue weighted by Crippen LogP contribution is -2.50. The highest BCUT2D eigenvalue weighted by atomic mass is 16.6. The third-order valence-electron chi connectivity index (χ3n) is 10.9. The summed E-state index contributed by atoms with van der Waals surface area (Å²) in [6, 6.07) is -0.612. The van der Waals surface area contributed by atoms with Crippen molar-refractivity contribution in [3.63, 3.8) is 0 Å². The average Bonchev–Trinajstić information content (AvgIpc) is 3.17. The fourth-order valence-electron chi connectivity index (χ4n) is 7.14. The Labute approximate surface area is 351 Å². The first-order valence-electron chi connectivity index (χ1n) is 23.9. The maximum absolute atomic E-state index is 12.7. The molecule has 0 spiro atoms. The number of esters is 2. The Balaban J connectivity index is 4.24. The molecule has 57 heavy (non-hydrogen) atoms. The monoisotopic (exact) mass is 807 g/mol. The molecule has 2 unspecified atom stereocenters. The Morgan fingerprint density at radius 3 is 1.33 bits per heavy atom. The zero-order chi connectivity index (χ0) is 42.1. The van der Waals surface area contributed by atoms with Crippen LogP contribution in [0.3, 0.4) is 0 Å². The van der Waals surface area contributed by atoms with E-state index in [4.69, 9.17) is 14.2 Å². The number of carbonyl (C=O) groups excluding carboxylic acids is 2. The summed E-state index contributed by atoms with van der Waals surface area (Å²) in [7, 11) is 5.53. The highest BCUT2D eigenvalue weighted by molar-refractivity contribution is 5.72. The van der Waals surface area contributed by atoms with Gasteiger partial charge in [0.25, 0.3) is 0 Å². The molecule has 0 aliphatic heterocycles. The first-order chi connectivity index (χ1) is 27.6. The number of hydrogen-bond donors (Lipinski definition) is 1. The van der Waals surface area contributed by atoms with Crippen LogP contribution in [0.4, 0.5) is 0 Å². The molecular weight excluding hydrogens is 715 g/mol. The highest BCUT2D eigenvalue weighted by Gasteiger charge is 2.31. The summed E-state index contributed by atoms with van der Waals surface area (Å²) in [6.07, 6.45) is 45.0. The molecular formula is C49H92NO7+. The van der Waals surface area contributed by atoms with E-state index in [1.54, 1.807) is 0 Å². The van der Waals surface area contributed by atoms with Crippen molar-refractivity contribution in [3.05, 3.63) is 24.3 Å². The van der Waals surface area contributed by atoms with Gasteiger partial charge in [-0.05, 0) is 38.5 Å². The summed E-state index contributed by atoms with van der Waals surface area (Å²) in [4.78, 5) is 37.0. The second kappa shape index (κ2) is 40.6. The topological polar surface area (TPSA) is 99.1 Å². The van der Waals surface area contributed by atoms with E-state index >= 15 is 0 Å². The minimum absolute atomic E-state index is 0.0482. The third-order valence-corrected chi connectivity index (χ3v) is 10.9. The number of unbranched alkanes of at least 4 members (excludes halogenated alkanes) is 26. The van der Waals surface area contributed by atoms with Crippen LogP contribution >= 0.6 is 0 Å². The molecule has 0 fully saturated rings. The first-order valence-corrected chi connectivity index (χ1v) is 23.9. The molecule has 0 aromatic rings. The molecule has 0 rings (SSSR count). The number of hydrogen-bond acceptors (Lipinski definition) is 6. The lowest BCUT2D eigenvalue weighted by Gasteiger charge is -2.31. The Hall–Kier alpha value is -2.19. The van der Waals surface area contributed by atoms with E-state index in [0.29, 0.717) is 19.3 Å². The molecule has 334 valence electrons. The Morgan fingerprint density at radius 2 is 0.912 bits per heavy atom. The van der Waals surface area contributed by atoms with Gasteiger partial charge in [-0.3, -0.25) is 9.59 Å². The molecule has 8 nitrogen and oxygen atoms in total. The third kappa shape index (κ3) is 39.1. The molecule has 0 saturated heterocycles. The summed E-state index contributed by atoms with van der Waals surface area (Å²) in [6.45, 7) is 4.74. The van der Waals surface area contributed by atoms with Crippen LogP contribution in [0.2, 0.25) is 0 Å². The number of carbonyl (C=O) groups is 3. The molecule has 0 aliphatic rings. The van der Waals surface area contributed by atoms with Crippen molar-refractivity contribution in [3.8, 4) is 0 Å².